The highest BCUT2D eigenvalue weighted by Crippen LogP contribution is 2.51. The number of fused-ring (bicyclic) bond motifs is 1. The molecule has 4 nitrogen and oxygen atoms in total. The second-order valence-electron chi connectivity index (χ2n) is 13.8. The Kier molecular flexibility index (Phi) is 8.47. The third-order valence-corrected chi connectivity index (χ3v) is 10.3. The van der Waals surface area contributed by atoms with E-state index in [-0.39, 0.29) is 0 Å². The molecular formula is C52H36N2O2. The summed E-state index contributed by atoms with van der Waals surface area (Å²) < 4.78 is 13.6. The first-order valence-electron chi connectivity index (χ1n) is 18.8. The zero-order valence-electron chi connectivity index (χ0n) is 30.5. The minimum Gasteiger partial charge on any atom is -0.453 e. The minimum absolute atomic E-state index is 0.644. The third kappa shape index (κ3) is 6.19. The summed E-state index contributed by atoms with van der Waals surface area (Å²) in [5.41, 5.74) is 10.9. The molecule has 0 atom stereocenters. The molecule has 1 aliphatic rings. The van der Waals surface area contributed by atoms with Gasteiger partial charge in [-0.3, -0.25) is 0 Å². The van der Waals surface area contributed by atoms with Crippen molar-refractivity contribution < 1.29 is 9.47 Å². The topological polar surface area (TPSA) is 24.9 Å². The molecule has 0 spiro atoms. The van der Waals surface area contributed by atoms with Crippen molar-refractivity contribution in [2.75, 3.05) is 9.80 Å². The zero-order valence-corrected chi connectivity index (χ0v) is 30.5. The Hall–Kier alpha value is -7.56. The quantitative estimate of drug-likeness (QED) is 0.156. The van der Waals surface area contributed by atoms with E-state index in [1.54, 1.807) is 0 Å². The van der Waals surface area contributed by atoms with Gasteiger partial charge in [0.1, 0.15) is 11.5 Å². The van der Waals surface area contributed by atoms with Crippen molar-refractivity contribution in [1.82, 2.24) is 0 Å². The first-order chi connectivity index (χ1) is 27.8. The molecule has 0 saturated heterocycles. The lowest BCUT2D eigenvalue weighted by Crippen LogP contribution is -2.10. The first-order valence-corrected chi connectivity index (χ1v) is 18.8. The summed E-state index contributed by atoms with van der Waals surface area (Å²) in [6.07, 6.45) is 0. The van der Waals surface area contributed by atoms with Crippen molar-refractivity contribution in [3.05, 3.63) is 218 Å². The molecule has 0 bridgehead atoms. The summed E-state index contributed by atoms with van der Waals surface area (Å²) >= 11 is 0. The highest BCUT2D eigenvalue weighted by Gasteiger charge is 2.25. The van der Waals surface area contributed by atoms with Crippen molar-refractivity contribution in [2.45, 2.75) is 0 Å². The van der Waals surface area contributed by atoms with Gasteiger partial charge in [-0.15, -0.1) is 0 Å². The highest BCUT2D eigenvalue weighted by molar-refractivity contribution is 6.05. The van der Waals surface area contributed by atoms with E-state index >= 15 is 0 Å². The van der Waals surface area contributed by atoms with Crippen LogP contribution in [-0.2, 0) is 0 Å². The Morgan fingerprint density at radius 1 is 0.268 bits per heavy atom. The molecule has 10 rings (SSSR count). The van der Waals surface area contributed by atoms with Crippen LogP contribution in [0, 0.1) is 0 Å². The van der Waals surface area contributed by atoms with Crippen LogP contribution < -0.4 is 19.3 Å². The molecule has 0 fully saturated rings. The molecule has 56 heavy (non-hydrogen) atoms. The molecule has 0 radical (unpaired) electrons. The van der Waals surface area contributed by atoms with Crippen LogP contribution in [0.3, 0.4) is 0 Å². The molecule has 0 aromatic heterocycles. The molecule has 1 heterocycles. The average Bonchev–Trinajstić information content (AvgIpc) is 3.43. The van der Waals surface area contributed by atoms with E-state index < -0.39 is 0 Å². The maximum Gasteiger partial charge on any atom is 0.172 e. The molecule has 4 heteroatoms. The van der Waals surface area contributed by atoms with E-state index in [4.69, 9.17) is 9.47 Å². The zero-order chi connectivity index (χ0) is 37.3. The first kappa shape index (κ1) is 33.0. The second kappa shape index (κ2) is 14.3. The summed E-state index contributed by atoms with van der Waals surface area (Å²) in [6.45, 7) is 0. The average molecular weight is 721 g/mol. The van der Waals surface area contributed by atoms with Crippen molar-refractivity contribution in [2.24, 2.45) is 0 Å². The number of rotatable bonds is 8. The van der Waals surface area contributed by atoms with Crippen molar-refractivity contribution >= 4 is 44.9 Å². The summed E-state index contributed by atoms with van der Waals surface area (Å²) in [5.74, 6) is 2.78. The van der Waals surface area contributed by atoms with Gasteiger partial charge in [0, 0.05) is 34.2 Å². The number of hydrogen-bond donors (Lipinski definition) is 0. The Balaban J connectivity index is 1.04. The molecule has 1 aliphatic heterocycles. The van der Waals surface area contributed by atoms with Crippen LogP contribution in [0.25, 0.3) is 33.0 Å². The Labute approximate surface area is 326 Å². The Bertz CT molecular complexity index is 2770. The van der Waals surface area contributed by atoms with Gasteiger partial charge in [0.25, 0.3) is 0 Å². The van der Waals surface area contributed by atoms with Crippen LogP contribution in [0.5, 0.6) is 23.0 Å². The lowest BCUT2D eigenvalue weighted by molar-refractivity contribution is 0.439. The minimum atomic E-state index is 0.644. The van der Waals surface area contributed by atoms with Crippen LogP contribution in [0.4, 0.5) is 34.1 Å². The van der Waals surface area contributed by atoms with Gasteiger partial charge in [-0.1, -0.05) is 133 Å². The molecule has 266 valence electrons. The number of anilines is 6. The van der Waals surface area contributed by atoms with Crippen LogP contribution in [0.2, 0.25) is 0 Å². The lowest BCUT2D eigenvalue weighted by atomic mass is 10.0. The Morgan fingerprint density at radius 2 is 0.696 bits per heavy atom. The maximum absolute atomic E-state index is 6.85. The lowest BCUT2D eigenvalue weighted by Gasteiger charge is -2.27. The summed E-state index contributed by atoms with van der Waals surface area (Å²) in [6, 6.07) is 75.9. The standard InChI is InChI=1S/C52H36N2O2/c1-5-14-37(15-6-1)39-24-28-43(29-25-39)53(41-18-9-3-10-19-41)45-32-34-48-51(36-45)56-49-23-13-22-46-47(33-35-50(55-48)52(46)49)54(42-20-11-4-12-21-42)44-30-26-40(27-31-44)38-16-7-2-8-17-38/h1-36H. The fourth-order valence-electron chi connectivity index (χ4n) is 7.62. The van der Waals surface area contributed by atoms with Gasteiger partial charge in [0.15, 0.2) is 11.5 Å². The fourth-order valence-corrected chi connectivity index (χ4v) is 7.62. The largest absolute Gasteiger partial charge is 0.453 e. The van der Waals surface area contributed by atoms with Crippen LogP contribution >= 0.6 is 0 Å². The van der Waals surface area contributed by atoms with E-state index in [1.807, 2.05) is 36.4 Å². The van der Waals surface area contributed by atoms with Gasteiger partial charge in [0.2, 0.25) is 0 Å². The van der Waals surface area contributed by atoms with Gasteiger partial charge < -0.3 is 19.3 Å². The van der Waals surface area contributed by atoms with E-state index in [1.165, 1.54) is 22.3 Å². The number of nitrogens with zero attached hydrogens (tertiary/aromatic N) is 2. The molecule has 9 aromatic rings. The van der Waals surface area contributed by atoms with Crippen LogP contribution in [0.1, 0.15) is 0 Å². The van der Waals surface area contributed by atoms with Gasteiger partial charge in [0.05, 0.1) is 16.8 Å². The predicted molar refractivity (Wildman–Crippen MR) is 231 cm³/mol. The van der Waals surface area contributed by atoms with Crippen LogP contribution in [-0.4, -0.2) is 0 Å². The van der Waals surface area contributed by atoms with Crippen molar-refractivity contribution in [3.63, 3.8) is 0 Å². The summed E-state index contributed by atoms with van der Waals surface area (Å²) in [7, 11) is 0. The summed E-state index contributed by atoms with van der Waals surface area (Å²) in [5, 5.41) is 1.94. The fraction of sp³-hybridized carbons (Fsp3) is 0. The van der Waals surface area contributed by atoms with E-state index in [9.17, 15) is 0 Å². The number of hydrogen-bond acceptors (Lipinski definition) is 4. The molecule has 0 aliphatic carbocycles. The SMILES string of the molecule is c1ccc(-c2ccc(N(c3ccccc3)c3ccc4c(c3)Oc3cccc5c(N(c6ccccc6)c6ccc(-c7ccccc7)cc6)ccc(c35)O4)cc2)cc1. The Morgan fingerprint density at radius 3 is 1.29 bits per heavy atom. The van der Waals surface area contributed by atoms with E-state index in [2.05, 4.69) is 192 Å². The van der Waals surface area contributed by atoms with Gasteiger partial charge in [-0.2, -0.15) is 0 Å². The van der Waals surface area contributed by atoms with Crippen molar-refractivity contribution in [3.8, 4) is 45.3 Å². The van der Waals surface area contributed by atoms with E-state index in [0.717, 1.165) is 56.4 Å². The molecular weight excluding hydrogens is 685 g/mol. The number of benzene rings is 9. The number of para-hydroxylation sites is 2. The smallest absolute Gasteiger partial charge is 0.172 e. The van der Waals surface area contributed by atoms with Gasteiger partial charge >= 0.3 is 0 Å². The molecule has 0 N–H and O–H groups in total. The molecule has 0 saturated carbocycles. The van der Waals surface area contributed by atoms with E-state index in [0.29, 0.717) is 11.5 Å². The van der Waals surface area contributed by atoms with Crippen LogP contribution in [0.15, 0.2) is 218 Å². The monoisotopic (exact) mass is 720 g/mol. The predicted octanol–water partition coefficient (Wildman–Crippen LogP) is 15.0. The molecule has 0 amide bonds. The molecule has 0 unspecified atom stereocenters. The summed E-state index contributed by atoms with van der Waals surface area (Å²) in [4.78, 5) is 4.55. The normalized spacial score (nSPS) is 11.5. The molecule has 9 aromatic carbocycles. The van der Waals surface area contributed by atoms with Gasteiger partial charge in [-0.05, 0) is 101 Å². The maximum atomic E-state index is 6.85. The third-order valence-electron chi connectivity index (χ3n) is 10.3. The van der Waals surface area contributed by atoms with Gasteiger partial charge in [-0.25, -0.2) is 0 Å². The number of ether oxygens (including phenoxy) is 2. The second-order valence-corrected chi connectivity index (χ2v) is 13.8. The highest BCUT2D eigenvalue weighted by atomic mass is 16.5. The van der Waals surface area contributed by atoms with Crippen molar-refractivity contribution in [1.29, 1.82) is 0 Å².